The summed E-state index contributed by atoms with van der Waals surface area (Å²) in [4.78, 5) is 47.2. The summed E-state index contributed by atoms with van der Waals surface area (Å²) in [5, 5.41) is 2.58. The van der Waals surface area contributed by atoms with Gasteiger partial charge in [0, 0.05) is 45.1 Å². The molecule has 0 saturated carbocycles. The van der Waals surface area contributed by atoms with Crippen LogP contribution in [0, 0.1) is 0 Å². The van der Waals surface area contributed by atoms with Crippen LogP contribution in [0.2, 0.25) is 0 Å². The number of nitrogens with zero attached hydrogens (tertiary/aromatic N) is 4. The molecule has 0 bridgehead atoms. The van der Waals surface area contributed by atoms with E-state index < -0.39 is 16.5 Å². The molecule has 2 N–H and O–H groups in total. The van der Waals surface area contributed by atoms with Crippen LogP contribution in [0.15, 0.2) is 97.3 Å². The van der Waals surface area contributed by atoms with E-state index in [9.17, 15) is 9.13 Å². The molecule has 44 heavy (non-hydrogen) atoms. The highest BCUT2D eigenvalue weighted by atomic mass is 31.1. The van der Waals surface area contributed by atoms with E-state index in [-0.39, 0.29) is 11.5 Å². The lowest BCUT2D eigenvalue weighted by Gasteiger charge is -2.11. The van der Waals surface area contributed by atoms with Gasteiger partial charge in [-0.2, -0.15) is 0 Å². The van der Waals surface area contributed by atoms with Gasteiger partial charge in [-0.3, -0.25) is 19.1 Å². The normalized spacial score (nSPS) is 13.0. The lowest BCUT2D eigenvalue weighted by Crippen LogP contribution is -1.95. The Bertz CT molecular complexity index is 2130. The third-order valence-electron chi connectivity index (χ3n) is 6.88. The van der Waals surface area contributed by atoms with Crippen molar-refractivity contribution in [2.24, 2.45) is 0 Å². The molecule has 0 fully saturated rings. The third kappa shape index (κ3) is 5.38. The Kier molecular flexibility index (Phi) is 7.45. The first-order valence-electron chi connectivity index (χ1n) is 13.1. The van der Waals surface area contributed by atoms with Crippen molar-refractivity contribution in [1.82, 2.24) is 19.9 Å². The average molecular weight is 626 g/mol. The molecular weight excluding hydrogens is 606 g/mol. The fraction of sp³-hybridized carbons (Fsp3) is 0. The topological polar surface area (TPSA) is 163 Å². The van der Waals surface area contributed by atoms with Crippen LogP contribution in [0.25, 0.3) is 66.1 Å². The van der Waals surface area contributed by atoms with Crippen LogP contribution >= 0.6 is 16.5 Å². The molecule has 0 spiro atoms. The monoisotopic (exact) mass is 626 g/mol. The molecule has 3 aromatic carbocycles. The molecule has 2 atom stereocenters. The van der Waals surface area contributed by atoms with Crippen molar-refractivity contribution in [2.75, 3.05) is 0 Å². The zero-order chi connectivity index (χ0) is 30.2. The zero-order valence-electron chi connectivity index (χ0n) is 22.4. The third-order valence-corrected chi connectivity index (χ3v) is 7.33. The lowest BCUT2D eigenvalue weighted by molar-refractivity contribution is -0.0998. The molecule has 0 radical (unpaired) electrons. The summed E-state index contributed by atoms with van der Waals surface area (Å²) >= 11 is 0. The summed E-state index contributed by atoms with van der Waals surface area (Å²) in [5.41, 5.74) is 5.46. The number of hydrogen-bond acceptors (Lipinski definition) is 10. The van der Waals surface area contributed by atoms with Crippen molar-refractivity contribution in [2.45, 2.75) is 0 Å². The van der Waals surface area contributed by atoms with Gasteiger partial charge < -0.3 is 19.6 Å². The highest BCUT2D eigenvalue weighted by molar-refractivity contribution is 7.32. The van der Waals surface area contributed by atoms with Crippen LogP contribution in [-0.2, 0) is 18.5 Å². The predicted molar refractivity (Wildman–Crippen MR) is 164 cm³/mol. The summed E-state index contributed by atoms with van der Waals surface area (Å²) in [6.45, 7) is 0. The number of benzene rings is 3. The van der Waals surface area contributed by atoms with Gasteiger partial charge in [-0.05, 0) is 54.6 Å². The second-order valence-corrected chi connectivity index (χ2v) is 10.9. The highest BCUT2D eigenvalue weighted by Gasteiger charge is 2.15. The van der Waals surface area contributed by atoms with Crippen LogP contribution in [0.3, 0.4) is 0 Å². The number of hydrogen-bond donors (Lipinski definition) is 2. The summed E-state index contributed by atoms with van der Waals surface area (Å²) < 4.78 is 31.2. The Morgan fingerprint density at radius 3 is 1.48 bits per heavy atom. The Labute approximate surface area is 249 Å². The maximum absolute atomic E-state index is 11.1. The molecule has 218 valence electrons. The molecule has 0 amide bonds. The second-order valence-electron chi connectivity index (χ2n) is 9.53. The molecule has 7 rings (SSSR count). The summed E-state index contributed by atoms with van der Waals surface area (Å²) in [7, 11) is -6.59. The highest BCUT2D eigenvalue weighted by Crippen LogP contribution is 2.36. The predicted octanol–water partition coefficient (Wildman–Crippen LogP) is 6.60. The Balaban J connectivity index is 1.30. The van der Waals surface area contributed by atoms with Crippen molar-refractivity contribution in [3.63, 3.8) is 0 Å². The van der Waals surface area contributed by atoms with Gasteiger partial charge in [0.2, 0.25) is 0 Å². The number of aromatic nitrogens is 4. The van der Waals surface area contributed by atoms with Gasteiger partial charge in [0.05, 0.1) is 22.4 Å². The molecular formula is C30H20N4O8P2. The standard InChI is InChI=1S/C30H20N4O8P2/c35-43(36)41-39-25-15-19-8-10-23(33-27(19)29-21(25)6-2-12-31-29)17-4-1-5-18(14-17)24-11-9-20-16-26(40-42-44(37)38)22-7-3-13-32-30(22)28(20)34-24/h1-16,43-44H,(H,35,36)(H,37,38). The maximum Gasteiger partial charge on any atom is 0.355 e. The first-order valence-corrected chi connectivity index (χ1v) is 15.6. The minimum atomic E-state index is -3.30. The minimum absolute atomic E-state index is 0.254. The zero-order valence-corrected chi connectivity index (χ0v) is 24.4. The number of pyridine rings is 4. The molecule has 12 nitrogen and oxygen atoms in total. The van der Waals surface area contributed by atoms with Gasteiger partial charge in [-0.15, -0.1) is 9.35 Å². The summed E-state index contributed by atoms with van der Waals surface area (Å²) in [6.07, 6.45) is 3.27. The van der Waals surface area contributed by atoms with Crippen molar-refractivity contribution >= 4 is 60.1 Å². The largest absolute Gasteiger partial charge is 0.355 e. The fourth-order valence-corrected chi connectivity index (χ4v) is 5.36. The average Bonchev–Trinajstić information content (AvgIpc) is 3.05. The quantitative estimate of drug-likeness (QED) is 0.0805. The molecule has 2 unspecified atom stereocenters. The van der Waals surface area contributed by atoms with E-state index in [1.807, 2.05) is 48.5 Å². The Morgan fingerprint density at radius 2 is 1.02 bits per heavy atom. The summed E-state index contributed by atoms with van der Waals surface area (Å²) in [6, 6.07) is 25.6. The first-order chi connectivity index (χ1) is 21.4. The SMILES string of the molecule is O=[PH](O)OOc1cc2ccc(-c3cccc(-c4ccc5cc(OO[PH](=O)O)c6cccnc6c5n4)c3)nc2c2ncccc12. The van der Waals surface area contributed by atoms with Crippen molar-refractivity contribution in [3.8, 4) is 34.0 Å². The van der Waals surface area contributed by atoms with Gasteiger partial charge in [0.15, 0.2) is 11.5 Å². The molecule has 0 saturated heterocycles. The smallest absolute Gasteiger partial charge is 0.328 e. The summed E-state index contributed by atoms with van der Waals surface area (Å²) in [5.74, 6) is 0.508. The molecule has 0 aliphatic carbocycles. The minimum Gasteiger partial charge on any atom is -0.328 e. The number of fused-ring (bicyclic) bond motifs is 6. The van der Waals surface area contributed by atoms with Crippen LogP contribution < -0.4 is 9.78 Å². The van der Waals surface area contributed by atoms with E-state index in [2.05, 4.69) is 19.3 Å². The van der Waals surface area contributed by atoms with Crippen LogP contribution in [-0.4, -0.2) is 29.7 Å². The fourth-order valence-electron chi connectivity index (χ4n) is 5.03. The second kappa shape index (κ2) is 11.7. The molecule has 4 heterocycles. The van der Waals surface area contributed by atoms with E-state index in [1.165, 1.54) is 0 Å². The van der Waals surface area contributed by atoms with E-state index in [1.54, 1.807) is 48.8 Å². The van der Waals surface area contributed by atoms with E-state index >= 15 is 0 Å². The van der Waals surface area contributed by atoms with Crippen molar-refractivity contribution in [1.29, 1.82) is 0 Å². The molecule has 0 aliphatic heterocycles. The van der Waals surface area contributed by atoms with E-state index in [0.29, 0.717) is 55.0 Å². The number of rotatable bonds is 8. The van der Waals surface area contributed by atoms with Crippen LogP contribution in [0.5, 0.6) is 11.5 Å². The molecule has 4 aromatic heterocycles. The first kappa shape index (κ1) is 28.0. The van der Waals surface area contributed by atoms with Gasteiger partial charge in [-0.25, -0.2) is 9.97 Å². The molecule has 14 heteroatoms. The Hall–Kier alpha value is -4.80. The lowest BCUT2D eigenvalue weighted by atomic mass is 10.0. The van der Waals surface area contributed by atoms with Crippen molar-refractivity contribution in [3.05, 3.63) is 97.3 Å². The van der Waals surface area contributed by atoms with Gasteiger partial charge in [-0.1, -0.05) is 30.3 Å². The molecule has 0 aliphatic rings. The van der Waals surface area contributed by atoms with Gasteiger partial charge >= 0.3 is 16.5 Å². The van der Waals surface area contributed by atoms with Crippen LogP contribution in [0.1, 0.15) is 0 Å². The maximum atomic E-state index is 11.1. The van der Waals surface area contributed by atoms with Gasteiger partial charge in [0.1, 0.15) is 11.0 Å². The molecule has 7 aromatic rings. The van der Waals surface area contributed by atoms with E-state index in [0.717, 1.165) is 11.1 Å². The van der Waals surface area contributed by atoms with E-state index in [4.69, 9.17) is 29.5 Å². The van der Waals surface area contributed by atoms with Gasteiger partial charge in [0.25, 0.3) is 0 Å². The Morgan fingerprint density at radius 1 is 0.545 bits per heavy atom. The van der Waals surface area contributed by atoms with Crippen molar-refractivity contribution < 1.29 is 38.0 Å². The van der Waals surface area contributed by atoms with Crippen LogP contribution in [0.4, 0.5) is 0 Å².